The zero-order valence-corrected chi connectivity index (χ0v) is 11.2. The first-order valence-corrected chi connectivity index (χ1v) is 7.04. The average molecular weight is 241 g/mol. The summed E-state index contributed by atoms with van der Waals surface area (Å²) < 4.78 is 5.30. The molecular weight excluding hydrogens is 218 g/mol. The van der Waals surface area contributed by atoms with Crippen LogP contribution in [0.4, 0.5) is 0 Å². The van der Waals surface area contributed by atoms with Gasteiger partial charge in [-0.1, -0.05) is 6.07 Å². The molecular formula is C13H23NOS. The molecule has 0 radical (unpaired) electrons. The lowest BCUT2D eigenvalue weighted by Crippen LogP contribution is -2.28. The fraction of sp³-hybridized carbons (Fsp3) is 0.692. The maximum Gasteiger partial charge on any atom is 0.0466 e. The standard InChI is InChI=1S/C13H23NOS/c1-3-15-9-5-4-8-14-12(2)11-13-7-6-10-16-13/h6-7,10,12,14H,3-5,8-9,11H2,1-2H3. The van der Waals surface area contributed by atoms with E-state index < -0.39 is 0 Å². The smallest absolute Gasteiger partial charge is 0.0466 e. The van der Waals surface area contributed by atoms with Gasteiger partial charge in [0, 0.05) is 24.1 Å². The van der Waals surface area contributed by atoms with Gasteiger partial charge < -0.3 is 10.1 Å². The van der Waals surface area contributed by atoms with Crippen molar-refractivity contribution in [2.24, 2.45) is 0 Å². The lowest BCUT2D eigenvalue weighted by molar-refractivity contribution is 0.143. The molecule has 0 saturated heterocycles. The van der Waals surface area contributed by atoms with E-state index in [1.165, 1.54) is 11.3 Å². The molecule has 1 heterocycles. The average Bonchev–Trinajstić information content (AvgIpc) is 2.76. The fourth-order valence-corrected chi connectivity index (χ4v) is 2.46. The highest BCUT2D eigenvalue weighted by molar-refractivity contribution is 7.09. The summed E-state index contributed by atoms with van der Waals surface area (Å²) in [7, 11) is 0. The first kappa shape index (κ1) is 13.7. The molecule has 1 rings (SSSR count). The van der Waals surface area contributed by atoms with Crippen LogP contribution in [0.2, 0.25) is 0 Å². The van der Waals surface area contributed by atoms with E-state index in [2.05, 4.69) is 29.8 Å². The van der Waals surface area contributed by atoms with E-state index in [4.69, 9.17) is 4.74 Å². The van der Waals surface area contributed by atoms with E-state index in [-0.39, 0.29) is 0 Å². The summed E-state index contributed by atoms with van der Waals surface area (Å²) in [6.07, 6.45) is 3.50. The second kappa shape index (κ2) is 8.74. The van der Waals surface area contributed by atoms with Crippen LogP contribution < -0.4 is 5.32 Å². The Kier molecular flexibility index (Phi) is 7.47. The highest BCUT2D eigenvalue weighted by atomic mass is 32.1. The fourth-order valence-electron chi connectivity index (χ4n) is 1.62. The zero-order chi connectivity index (χ0) is 11.6. The molecule has 16 heavy (non-hydrogen) atoms. The molecule has 0 aliphatic rings. The van der Waals surface area contributed by atoms with Crippen LogP contribution in [0, 0.1) is 0 Å². The molecule has 0 amide bonds. The van der Waals surface area contributed by atoms with Crippen LogP contribution in [0.5, 0.6) is 0 Å². The number of hydrogen-bond acceptors (Lipinski definition) is 3. The number of unbranched alkanes of at least 4 members (excludes halogenated alkanes) is 1. The highest BCUT2D eigenvalue weighted by Gasteiger charge is 2.02. The molecule has 0 aliphatic carbocycles. The van der Waals surface area contributed by atoms with Gasteiger partial charge in [-0.25, -0.2) is 0 Å². The van der Waals surface area contributed by atoms with Crippen LogP contribution in [0.25, 0.3) is 0 Å². The van der Waals surface area contributed by atoms with E-state index in [1.54, 1.807) is 0 Å². The quantitative estimate of drug-likeness (QED) is 0.671. The van der Waals surface area contributed by atoms with Crippen molar-refractivity contribution in [3.8, 4) is 0 Å². The molecule has 0 spiro atoms. The van der Waals surface area contributed by atoms with Crippen molar-refractivity contribution in [3.63, 3.8) is 0 Å². The van der Waals surface area contributed by atoms with E-state index >= 15 is 0 Å². The summed E-state index contributed by atoms with van der Waals surface area (Å²) in [4.78, 5) is 1.47. The third-order valence-corrected chi connectivity index (χ3v) is 3.40. The van der Waals surface area contributed by atoms with Gasteiger partial charge in [0.25, 0.3) is 0 Å². The Morgan fingerprint density at radius 3 is 3.00 bits per heavy atom. The van der Waals surface area contributed by atoms with Gasteiger partial charge in [0.05, 0.1) is 0 Å². The van der Waals surface area contributed by atoms with Gasteiger partial charge in [-0.15, -0.1) is 11.3 Å². The molecule has 0 aliphatic heterocycles. The topological polar surface area (TPSA) is 21.3 Å². The highest BCUT2D eigenvalue weighted by Crippen LogP contribution is 2.10. The largest absolute Gasteiger partial charge is 0.382 e. The molecule has 1 atom stereocenters. The van der Waals surface area contributed by atoms with Crippen molar-refractivity contribution in [1.29, 1.82) is 0 Å². The summed E-state index contributed by atoms with van der Waals surface area (Å²) in [5, 5.41) is 5.69. The predicted octanol–water partition coefficient (Wildman–Crippen LogP) is 3.09. The third-order valence-electron chi connectivity index (χ3n) is 2.50. The normalized spacial score (nSPS) is 12.9. The summed E-state index contributed by atoms with van der Waals surface area (Å²) in [5.74, 6) is 0. The van der Waals surface area contributed by atoms with E-state index in [1.807, 2.05) is 18.3 Å². The summed E-state index contributed by atoms with van der Waals surface area (Å²) >= 11 is 1.84. The van der Waals surface area contributed by atoms with Gasteiger partial charge in [0.1, 0.15) is 0 Å². The minimum Gasteiger partial charge on any atom is -0.382 e. The van der Waals surface area contributed by atoms with Crippen LogP contribution in [-0.2, 0) is 11.2 Å². The maximum atomic E-state index is 5.30. The Hall–Kier alpha value is -0.380. The van der Waals surface area contributed by atoms with Crippen molar-refractivity contribution in [2.75, 3.05) is 19.8 Å². The summed E-state index contributed by atoms with van der Waals surface area (Å²) in [5.41, 5.74) is 0. The van der Waals surface area contributed by atoms with Gasteiger partial charge >= 0.3 is 0 Å². The van der Waals surface area contributed by atoms with Crippen LogP contribution in [-0.4, -0.2) is 25.8 Å². The van der Waals surface area contributed by atoms with Crippen molar-refractivity contribution < 1.29 is 4.74 Å². The van der Waals surface area contributed by atoms with Gasteiger partial charge in [0.15, 0.2) is 0 Å². The van der Waals surface area contributed by atoms with E-state index in [0.717, 1.165) is 32.6 Å². The number of rotatable bonds is 9. The van der Waals surface area contributed by atoms with Crippen molar-refractivity contribution in [3.05, 3.63) is 22.4 Å². The predicted molar refractivity (Wildman–Crippen MR) is 71.2 cm³/mol. The minimum absolute atomic E-state index is 0.575. The van der Waals surface area contributed by atoms with Gasteiger partial charge in [-0.3, -0.25) is 0 Å². The molecule has 0 saturated carbocycles. The Morgan fingerprint density at radius 2 is 2.31 bits per heavy atom. The molecule has 1 unspecified atom stereocenters. The van der Waals surface area contributed by atoms with Crippen molar-refractivity contribution >= 4 is 11.3 Å². The van der Waals surface area contributed by atoms with Crippen LogP contribution in [0.15, 0.2) is 17.5 Å². The first-order chi connectivity index (χ1) is 7.83. The van der Waals surface area contributed by atoms with Crippen LogP contribution in [0.1, 0.15) is 31.6 Å². The van der Waals surface area contributed by atoms with Gasteiger partial charge in [-0.2, -0.15) is 0 Å². The number of thiophene rings is 1. The Bertz CT molecular complexity index is 248. The van der Waals surface area contributed by atoms with Gasteiger partial charge in [0.2, 0.25) is 0 Å². The molecule has 0 bridgehead atoms. The Balaban J connectivity index is 1.96. The zero-order valence-electron chi connectivity index (χ0n) is 10.4. The summed E-state index contributed by atoms with van der Waals surface area (Å²) in [6, 6.07) is 4.90. The lowest BCUT2D eigenvalue weighted by Gasteiger charge is -2.12. The number of ether oxygens (including phenoxy) is 1. The molecule has 2 nitrogen and oxygen atoms in total. The van der Waals surface area contributed by atoms with E-state index in [9.17, 15) is 0 Å². The van der Waals surface area contributed by atoms with Crippen LogP contribution in [0.3, 0.4) is 0 Å². The Labute approximate surface area is 103 Å². The maximum absolute atomic E-state index is 5.30. The number of nitrogens with one attached hydrogen (secondary N) is 1. The first-order valence-electron chi connectivity index (χ1n) is 6.16. The van der Waals surface area contributed by atoms with E-state index in [0.29, 0.717) is 6.04 Å². The lowest BCUT2D eigenvalue weighted by atomic mass is 10.2. The monoisotopic (exact) mass is 241 g/mol. The number of hydrogen-bond donors (Lipinski definition) is 1. The van der Waals surface area contributed by atoms with Gasteiger partial charge in [-0.05, 0) is 51.1 Å². The second-order valence-electron chi connectivity index (χ2n) is 4.04. The second-order valence-corrected chi connectivity index (χ2v) is 5.07. The molecule has 3 heteroatoms. The summed E-state index contributed by atoms with van der Waals surface area (Å²) in [6.45, 7) is 7.13. The van der Waals surface area contributed by atoms with Crippen molar-refractivity contribution in [1.82, 2.24) is 5.32 Å². The molecule has 0 fully saturated rings. The molecule has 0 aromatic carbocycles. The SMILES string of the molecule is CCOCCCCNC(C)Cc1cccs1. The third kappa shape index (κ3) is 6.26. The molecule has 1 aromatic heterocycles. The molecule has 1 N–H and O–H groups in total. The van der Waals surface area contributed by atoms with Crippen molar-refractivity contribution in [2.45, 2.75) is 39.2 Å². The molecule has 92 valence electrons. The minimum atomic E-state index is 0.575. The van der Waals surface area contributed by atoms with Crippen LogP contribution >= 0.6 is 11.3 Å². The molecule has 1 aromatic rings. The Morgan fingerprint density at radius 1 is 1.44 bits per heavy atom.